The third kappa shape index (κ3) is 5.28. The highest BCUT2D eigenvalue weighted by Gasteiger charge is 2.30. The molecule has 33 heavy (non-hydrogen) atoms. The number of aromatic nitrogens is 4. The average molecular weight is 465 g/mol. The molecule has 0 saturated carbocycles. The van der Waals surface area contributed by atoms with Crippen molar-refractivity contribution in [2.24, 2.45) is 5.73 Å². The highest BCUT2D eigenvalue weighted by molar-refractivity contribution is 6.07. The molecular weight excluding hydrogens is 447 g/mol. The number of primary amides is 1. The van der Waals surface area contributed by atoms with Gasteiger partial charge in [0.1, 0.15) is 18.6 Å². The Labute approximate surface area is 184 Å². The van der Waals surface area contributed by atoms with Gasteiger partial charge in [-0.2, -0.15) is 18.3 Å². The summed E-state index contributed by atoms with van der Waals surface area (Å²) >= 11 is 0. The fourth-order valence-corrected chi connectivity index (χ4v) is 3.17. The van der Waals surface area contributed by atoms with Crippen molar-refractivity contribution in [3.63, 3.8) is 0 Å². The Kier molecular flexibility index (Phi) is 6.00. The molecule has 174 valence electrons. The van der Waals surface area contributed by atoms with Gasteiger partial charge >= 0.3 is 6.18 Å². The van der Waals surface area contributed by atoms with Crippen molar-refractivity contribution in [1.82, 2.24) is 19.7 Å². The third-order valence-corrected chi connectivity index (χ3v) is 4.65. The Morgan fingerprint density at radius 1 is 1.24 bits per heavy atom. The summed E-state index contributed by atoms with van der Waals surface area (Å²) in [6, 6.07) is 3.41. The molecule has 14 heteroatoms. The van der Waals surface area contributed by atoms with Crippen molar-refractivity contribution < 1.29 is 31.9 Å². The van der Waals surface area contributed by atoms with Crippen LogP contribution >= 0.6 is 0 Å². The van der Waals surface area contributed by atoms with Crippen LogP contribution in [0.1, 0.15) is 21.0 Å². The van der Waals surface area contributed by atoms with E-state index in [-0.39, 0.29) is 17.3 Å². The van der Waals surface area contributed by atoms with Gasteiger partial charge in [0.25, 0.3) is 11.8 Å². The summed E-state index contributed by atoms with van der Waals surface area (Å²) in [4.78, 5) is 34.6. The molecule has 0 radical (unpaired) electrons. The zero-order valence-electron chi connectivity index (χ0n) is 17.0. The molecular formula is C19H18F3N7O4. The van der Waals surface area contributed by atoms with Gasteiger partial charge in [0.05, 0.1) is 18.9 Å². The van der Waals surface area contributed by atoms with E-state index in [4.69, 9.17) is 14.9 Å². The quantitative estimate of drug-likeness (QED) is 0.560. The molecule has 0 spiro atoms. The van der Waals surface area contributed by atoms with Crippen LogP contribution in [0.15, 0.2) is 35.2 Å². The van der Waals surface area contributed by atoms with E-state index in [2.05, 4.69) is 20.4 Å². The van der Waals surface area contributed by atoms with Crippen LogP contribution in [0.2, 0.25) is 0 Å². The number of amides is 2. The first kappa shape index (κ1) is 22.3. The van der Waals surface area contributed by atoms with E-state index in [1.165, 1.54) is 0 Å². The van der Waals surface area contributed by atoms with Gasteiger partial charge in [-0.1, -0.05) is 0 Å². The molecule has 4 heterocycles. The van der Waals surface area contributed by atoms with Crippen molar-refractivity contribution in [3.8, 4) is 11.5 Å². The minimum Gasteiger partial charge on any atom is -0.444 e. The van der Waals surface area contributed by atoms with E-state index in [9.17, 15) is 22.8 Å². The lowest BCUT2D eigenvalue weighted by atomic mass is 10.2. The number of nitrogens with two attached hydrogens (primary N) is 1. The standard InChI is InChI=1S/C19H18F3N7O4/c20-19(21,22)10-29-8-12(15(27-29)16(23)30)25-17(31)13-9-33-18(26-13)11-1-2-24-14(7-11)28-3-5-32-6-4-28/h1-2,7-9H,3-6,10H2,(H2,23,30)(H,25,31). The van der Waals surface area contributed by atoms with Crippen molar-refractivity contribution in [2.45, 2.75) is 12.7 Å². The average Bonchev–Trinajstić information content (AvgIpc) is 3.41. The maximum absolute atomic E-state index is 12.6. The smallest absolute Gasteiger partial charge is 0.408 e. The topological polar surface area (TPSA) is 141 Å². The summed E-state index contributed by atoms with van der Waals surface area (Å²) in [5.41, 5.74) is 4.78. The molecule has 3 aromatic heterocycles. The number of nitrogens with one attached hydrogen (secondary N) is 1. The summed E-state index contributed by atoms with van der Waals surface area (Å²) in [7, 11) is 0. The van der Waals surface area contributed by atoms with Crippen molar-refractivity contribution >= 4 is 23.3 Å². The van der Waals surface area contributed by atoms with Gasteiger partial charge in [-0.25, -0.2) is 9.97 Å². The monoisotopic (exact) mass is 465 g/mol. The number of alkyl halides is 3. The number of ether oxygens (including phenoxy) is 1. The van der Waals surface area contributed by atoms with E-state index >= 15 is 0 Å². The molecule has 1 saturated heterocycles. The number of pyridine rings is 1. The Bertz CT molecular complexity index is 1170. The highest BCUT2D eigenvalue weighted by atomic mass is 19.4. The van der Waals surface area contributed by atoms with Crippen LogP contribution in [0.4, 0.5) is 24.7 Å². The number of halogens is 3. The summed E-state index contributed by atoms with van der Waals surface area (Å²) < 4.78 is 49.1. The van der Waals surface area contributed by atoms with Crippen LogP contribution in [-0.2, 0) is 11.3 Å². The molecule has 1 aliphatic rings. The van der Waals surface area contributed by atoms with E-state index in [0.29, 0.717) is 42.4 Å². The van der Waals surface area contributed by atoms with Crippen molar-refractivity contribution in [1.29, 1.82) is 0 Å². The number of hydrogen-bond acceptors (Lipinski definition) is 8. The van der Waals surface area contributed by atoms with Gasteiger partial charge in [-0.05, 0) is 12.1 Å². The van der Waals surface area contributed by atoms with Crippen LogP contribution in [0.25, 0.3) is 11.5 Å². The van der Waals surface area contributed by atoms with Gasteiger partial charge in [0.15, 0.2) is 11.4 Å². The first-order valence-corrected chi connectivity index (χ1v) is 9.69. The number of oxazole rings is 1. The fraction of sp³-hybridized carbons (Fsp3) is 0.316. The van der Waals surface area contributed by atoms with E-state index < -0.39 is 30.2 Å². The molecule has 11 nitrogen and oxygen atoms in total. The fourth-order valence-electron chi connectivity index (χ4n) is 3.17. The highest BCUT2D eigenvalue weighted by Crippen LogP contribution is 2.24. The summed E-state index contributed by atoms with van der Waals surface area (Å²) in [5.74, 6) is -1.08. The Hall–Kier alpha value is -3.94. The number of carbonyl (C=O) groups is 2. The Balaban J connectivity index is 1.51. The number of anilines is 2. The second-order valence-electron chi connectivity index (χ2n) is 7.06. The largest absolute Gasteiger partial charge is 0.444 e. The summed E-state index contributed by atoms with van der Waals surface area (Å²) in [6.07, 6.45) is -1.04. The molecule has 0 atom stereocenters. The minimum atomic E-state index is -4.58. The van der Waals surface area contributed by atoms with Gasteiger partial charge in [0.2, 0.25) is 5.89 Å². The lowest BCUT2D eigenvalue weighted by molar-refractivity contribution is -0.142. The SMILES string of the molecule is NC(=O)c1nn(CC(F)(F)F)cc1NC(=O)c1coc(-c2ccnc(N3CCOCC3)c2)n1. The Morgan fingerprint density at radius 2 is 2.00 bits per heavy atom. The van der Waals surface area contributed by atoms with Crippen LogP contribution in [0.3, 0.4) is 0 Å². The molecule has 0 aromatic carbocycles. The maximum atomic E-state index is 12.6. The number of morpholine rings is 1. The van der Waals surface area contributed by atoms with Crippen LogP contribution in [0, 0.1) is 0 Å². The summed E-state index contributed by atoms with van der Waals surface area (Å²) in [5, 5.41) is 5.79. The van der Waals surface area contributed by atoms with Gasteiger partial charge < -0.3 is 25.1 Å². The molecule has 0 unspecified atom stereocenters. The molecule has 0 aliphatic carbocycles. The minimum absolute atomic E-state index is 0.139. The van der Waals surface area contributed by atoms with Crippen molar-refractivity contribution in [2.75, 3.05) is 36.5 Å². The second kappa shape index (κ2) is 8.90. The molecule has 2 amide bonds. The van der Waals surface area contributed by atoms with Crippen LogP contribution < -0.4 is 16.0 Å². The third-order valence-electron chi connectivity index (χ3n) is 4.65. The molecule has 1 fully saturated rings. The predicted molar refractivity (Wildman–Crippen MR) is 108 cm³/mol. The van der Waals surface area contributed by atoms with E-state index in [1.54, 1.807) is 18.3 Å². The van der Waals surface area contributed by atoms with Crippen LogP contribution in [0.5, 0.6) is 0 Å². The molecule has 3 aromatic rings. The van der Waals surface area contributed by atoms with E-state index in [1.807, 2.05) is 4.90 Å². The predicted octanol–water partition coefficient (Wildman–Crippen LogP) is 1.68. The summed E-state index contributed by atoms with van der Waals surface area (Å²) in [6.45, 7) is 1.08. The van der Waals surface area contributed by atoms with Crippen LogP contribution in [-0.4, -0.2) is 64.0 Å². The lowest BCUT2D eigenvalue weighted by Gasteiger charge is -2.27. The number of rotatable bonds is 6. The Morgan fingerprint density at radius 3 is 2.70 bits per heavy atom. The number of hydrogen-bond donors (Lipinski definition) is 2. The zero-order valence-corrected chi connectivity index (χ0v) is 17.0. The van der Waals surface area contributed by atoms with Gasteiger partial charge in [0, 0.05) is 31.0 Å². The molecule has 1 aliphatic heterocycles. The van der Waals surface area contributed by atoms with Gasteiger partial charge in [-0.15, -0.1) is 0 Å². The van der Waals surface area contributed by atoms with E-state index in [0.717, 1.165) is 12.5 Å². The first-order valence-electron chi connectivity index (χ1n) is 9.69. The molecule has 4 rings (SSSR count). The van der Waals surface area contributed by atoms with Crippen molar-refractivity contribution in [3.05, 3.63) is 42.2 Å². The first-order chi connectivity index (χ1) is 15.7. The van der Waals surface area contributed by atoms with Gasteiger partial charge in [-0.3, -0.25) is 14.3 Å². The second-order valence-corrected chi connectivity index (χ2v) is 7.06. The normalized spacial score (nSPS) is 14.3. The maximum Gasteiger partial charge on any atom is 0.408 e. The number of carbonyl (C=O) groups excluding carboxylic acids is 2. The number of nitrogens with zero attached hydrogens (tertiary/aromatic N) is 5. The molecule has 0 bridgehead atoms. The zero-order chi connectivity index (χ0) is 23.6. The lowest BCUT2D eigenvalue weighted by Crippen LogP contribution is -2.36. The molecule has 3 N–H and O–H groups in total.